The fraction of sp³-hybridized carbons (Fsp3) is 0.355. The SMILES string of the molecule is Cc1ccc(CN(C(=O)CN(c2cc(Cl)ccc2Cl)S(=O)(=O)c2ccc(C)cc2)C(C)C(=O)NC2CCCC2)cc1. The lowest BCUT2D eigenvalue weighted by atomic mass is 10.1. The van der Waals surface area contributed by atoms with E-state index in [0.717, 1.165) is 46.7 Å². The quantitative estimate of drug-likeness (QED) is 0.291. The molecular weight excluding hydrogens is 581 g/mol. The van der Waals surface area contributed by atoms with E-state index in [1.54, 1.807) is 25.1 Å². The van der Waals surface area contributed by atoms with Crippen LogP contribution in [0.2, 0.25) is 10.0 Å². The largest absolute Gasteiger partial charge is 0.352 e. The number of nitrogens with zero attached hydrogens (tertiary/aromatic N) is 2. The summed E-state index contributed by atoms with van der Waals surface area (Å²) in [7, 11) is -4.24. The summed E-state index contributed by atoms with van der Waals surface area (Å²) < 4.78 is 28.9. The molecule has 1 saturated carbocycles. The third-order valence-corrected chi connectivity index (χ3v) is 9.74. The summed E-state index contributed by atoms with van der Waals surface area (Å²) in [6, 6.07) is 17.7. The van der Waals surface area contributed by atoms with E-state index in [1.807, 2.05) is 38.1 Å². The monoisotopic (exact) mass is 615 g/mol. The number of carbonyl (C=O) groups is 2. The van der Waals surface area contributed by atoms with E-state index in [9.17, 15) is 18.0 Å². The summed E-state index contributed by atoms with van der Waals surface area (Å²) in [6.07, 6.45) is 3.91. The number of anilines is 1. The van der Waals surface area contributed by atoms with Crippen LogP contribution in [0.15, 0.2) is 71.6 Å². The molecule has 7 nitrogen and oxygen atoms in total. The van der Waals surface area contributed by atoms with Gasteiger partial charge in [-0.2, -0.15) is 0 Å². The zero-order valence-electron chi connectivity index (χ0n) is 23.4. The number of aryl methyl sites for hydroxylation is 2. The first-order valence-corrected chi connectivity index (χ1v) is 15.8. The van der Waals surface area contributed by atoms with Gasteiger partial charge >= 0.3 is 0 Å². The van der Waals surface area contributed by atoms with Gasteiger partial charge in [-0.05, 0) is 69.5 Å². The molecule has 41 heavy (non-hydrogen) atoms. The molecule has 1 aliphatic rings. The molecule has 4 rings (SSSR count). The number of amides is 2. The van der Waals surface area contributed by atoms with Gasteiger partial charge in [0.05, 0.1) is 15.6 Å². The normalized spacial score (nSPS) is 14.5. The molecule has 3 aromatic rings. The Labute approximate surface area is 252 Å². The van der Waals surface area contributed by atoms with Crippen LogP contribution in [0.3, 0.4) is 0 Å². The van der Waals surface area contributed by atoms with Crippen molar-refractivity contribution in [3.63, 3.8) is 0 Å². The van der Waals surface area contributed by atoms with Crippen molar-refractivity contribution in [1.29, 1.82) is 0 Å². The van der Waals surface area contributed by atoms with Crippen LogP contribution in [0.25, 0.3) is 0 Å². The van der Waals surface area contributed by atoms with Gasteiger partial charge in [0.2, 0.25) is 11.8 Å². The molecule has 1 unspecified atom stereocenters. The van der Waals surface area contributed by atoms with E-state index in [2.05, 4.69) is 5.32 Å². The second kappa shape index (κ2) is 13.3. The lowest BCUT2D eigenvalue weighted by Gasteiger charge is -2.32. The maximum Gasteiger partial charge on any atom is 0.264 e. The van der Waals surface area contributed by atoms with E-state index in [4.69, 9.17) is 23.2 Å². The van der Waals surface area contributed by atoms with Crippen molar-refractivity contribution in [2.45, 2.75) is 70.0 Å². The molecule has 1 atom stereocenters. The molecule has 0 aliphatic heterocycles. The number of halogens is 2. The molecule has 0 bridgehead atoms. The molecule has 0 heterocycles. The first-order valence-electron chi connectivity index (χ1n) is 13.7. The first-order chi connectivity index (χ1) is 19.5. The van der Waals surface area contributed by atoms with Crippen molar-refractivity contribution in [1.82, 2.24) is 10.2 Å². The van der Waals surface area contributed by atoms with Crippen LogP contribution in [-0.4, -0.2) is 43.8 Å². The fourth-order valence-electron chi connectivity index (χ4n) is 4.89. The summed E-state index contributed by atoms with van der Waals surface area (Å²) in [5.41, 5.74) is 2.84. The van der Waals surface area contributed by atoms with Gasteiger partial charge < -0.3 is 10.2 Å². The van der Waals surface area contributed by atoms with E-state index in [1.165, 1.54) is 29.2 Å². The molecule has 1 fully saturated rings. The van der Waals surface area contributed by atoms with Gasteiger partial charge in [-0.1, -0.05) is 83.6 Å². The third kappa shape index (κ3) is 7.61. The molecule has 0 saturated heterocycles. The molecule has 3 aromatic carbocycles. The number of sulfonamides is 1. The minimum absolute atomic E-state index is 0.00375. The summed E-state index contributed by atoms with van der Waals surface area (Å²) in [6.45, 7) is 5.03. The Morgan fingerprint density at radius 3 is 2.12 bits per heavy atom. The van der Waals surface area contributed by atoms with Gasteiger partial charge in [0.25, 0.3) is 10.0 Å². The number of hydrogen-bond donors (Lipinski definition) is 1. The van der Waals surface area contributed by atoms with Crippen LogP contribution < -0.4 is 9.62 Å². The Morgan fingerprint density at radius 2 is 1.51 bits per heavy atom. The summed E-state index contributed by atoms with van der Waals surface area (Å²) >= 11 is 12.7. The van der Waals surface area contributed by atoms with Gasteiger partial charge in [-0.15, -0.1) is 0 Å². The topological polar surface area (TPSA) is 86.8 Å². The van der Waals surface area contributed by atoms with Crippen molar-refractivity contribution in [3.05, 3.63) is 93.5 Å². The van der Waals surface area contributed by atoms with Crippen molar-refractivity contribution >= 4 is 50.7 Å². The van der Waals surface area contributed by atoms with Gasteiger partial charge in [-0.3, -0.25) is 13.9 Å². The zero-order chi connectivity index (χ0) is 29.7. The lowest BCUT2D eigenvalue weighted by molar-refractivity contribution is -0.139. The van der Waals surface area contributed by atoms with Crippen LogP contribution >= 0.6 is 23.2 Å². The number of nitrogens with one attached hydrogen (secondary N) is 1. The van der Waals surface area contributed by atoms with Crippen LogP contribution in [0.5, 0.6) is 0 Å². The average molecular weight is 617 g/mol. The second-order valence-corrected chi connectivity index (χ2v) is 13.3. The van der Waals surface area contributed by atoms with Crippen LogP contribution in [0, 0.1) is 13.8 Å². The average Bonchev–Trinajstić information content (AvgIpc) is 3.45. The molecule has 1 N–H and O–H groups in total. The Balaban J connectivity index is 1.71. The van der Waals surface area contributed by atoms with Crippen LogP contribution in [-0.2, 0) is 26.2 Å². The number of rotatable bonds is 10. The van der Waals surface area contributed by atoms with Crippen LogP contribution in [0.4, 0.5) is 5.69 Å². The Hall–Kier alpha value is -3.07. The lowest BCUT2D eigenvalue weighted by Crippen LogP contribution is -2.52. The van der Waals surface area contributed by atoms with Gasteiger partial charge in [0.15, 0.2) is 0 Å². The highest BCUT2D eigenvalue weighted by molar-refractivity contribution is 7.92. The summed E-state index contributed by atoms with van der Waals surface area (Å²) in [5.74, 6) is -0.822. The van der Waals surface area contributed by atoms with Crippen molar-refractivity contribution in [2.24, 2.45) is 0 Å². The van der Waals surface area contributed by atoms with Crippen LogP contribution in [0.1, 0.15) is 49.3 Å². The van der Waals surface area contributed by atoms with E-state index in [-0.39, 0.29) is 39.1 Å². The minimum atomic E-state index is -4.24. The molecule has 218 valence electrons. The van der Waals surface area contributed by atoms with E-state index < -0.39 is 28.5 Å². The Kier molecular flexibility index (Phi) is 10.00. The molecular formula is C31H35Cl2N3O4S. The molecule has 0 spiro atoms. The standard InChI is InChI=1S/C31H35Cl2N3O4S/c1-21-8-12-24(13-9-21)19-35(23(3)31(38)34-26-6-4-5-7-26)30(37)20-36(29-18-25(32)14-17-28(29)33)41(39,40)27-15-10-22(2)11-16-27/h8-18,23,26H,4-7,19-20H2,1-3H3,(H,34,38). The predicted molar refractivity (Wildman–Crippen MR) is 164 cm³/mol. The predicted octanol–water partition coefficient (Wildman–Crippen LogP) is 6.28. The molecule has 1 aliphatic carbocycles. The maximum atomic E-state index is 14.1. The van der Waals surface area contributed by atoms with Crippen molar-refractivity contribution in [3.8, 4) is 0 Å². The van der Waals surface area contributed by atoms with Gasteiger partial charge in [0, 0.05) is 17.6 Å². The molecule has 10 heteroatoms. The molecule has 2 amide bonds. The summed E-state index contributed by atoms with van der Waals surface area (Å²) in [5, 5.41) is 3.45. The highest BCUT2D eigenvalue weighted by atomic mass is 35.5. The fourth-order valence-corrected chi connectivity index (χ4v) is 6.75. The highest BCUT2D eigenvalue weighted by Gasteiger charge is 2.34. The Morgan fingerprint density at radius 1 is 0.927 bits per heavy atom. The minimum Gasteiger partial charge on any atom is -0.352 e. The van der Waals surface area contributed by atoms with Crippen molar-refractivity contribution in [2.75, 3.05) is 10.8 Å². The van der Waals surface area contributed by atoms with Gasteiger partial charge in [-0.25, -0.2) is 8.42 Å². The Bertz CT molecular complexity index is 1490. The maximum absolute atomic E-state index is 14.1. The van der Waals surface area contributed by atoms with E-state index >= 15 is 0 Å². The molecule has 0 radical (unpaired) electrons. The number of benzene rings is 3. The van der Waals surface area contributed by atoms with Crippen molar-refractivity contribution < 1.29 is 18.0 Å². The third-order valence-electron chi connectivity index (χ3n) is 7.41. The second-order valence-electron chi connectivity index (χ2n) is 10.6. The number of carbonyl (C=O) groups excluding carboxylic acids is 2. The summed E-state index contributed by atoms with van der Waals surface area (Å²) in [4.78, 5) is 28.8. The zero-order valence-corrected chi connectivity index (χ0v) is 25.8. The van der Waals surface area contributed by atoms with Gasteiger partial charge in [0.1, 0.15) is 12.6 Å². The number of hydrogen-bond acceptors (Lipinski definition) is 4. The smallest absolute Gasteiger partial charge is 0.264 e. The highest BCUT2D eigenvalue weighted by Crippen LogP contribution is 2.33. The van der Waals surface area contributed by atoms with E-state index in [0.29, 0.717) is 0 Å². The molecule has 0 aromatic heterocycles. The first kappa shape index (κ1) is 30.9.